The molecule has 0 radical (unpaired) electrons. The Balaban J connectivity index is 2.27. The number of nitrogens with one attached hydrogen (secondary N) is 1. The minimum absolute atomic E-state index is 0.397. The largest absolute Gasteiger partial charge is 0.497 e. The molecule has 1 amide bonds. The summed E-state index contributed by atoms with van der Waals surface area (Å²) in [6.45, 7) is 1.55. The zero-order chi connectivity index (χ0) is 18.6. The topological polar surface area (TPSA) is 75.7 Å². The molecule has 1 N–H and O–H groups in total. The van der Waals surface area contributed by atoms with Gasteiger partial charge in [-0.15, -0.1) is 0 Å². The van der Waals surface area contributed by atoms with E-state index >= 15 is 0 Å². The maximum absolute atomic E-state index is 12.5. The molecule has 0 spiro atoms. The first-order valence-electron chi connectivity index (χ1n) is 7.42. The highest BCUT2D eigenvalue weighted by atomic mass is 127. The standard InChI is InChI=1S/C17H19IN2O4S/c1-12(17(21)19-14-6-4-13(18)5-7-14)20(25(3,22)23)15-8-10-16(24-2)11-9-15/h4-12H,1-3H3,(H,19,21)/t12-/m1/s1. The average Bonchev–Trinajstić information content (AvgIpc) is 2.56. The second kappa shape index (κ2) is 8.05. The molecule has 2 aromatic carbocycles. The van der Waals surface area contributed by atoms with Gasteiger partial charge in [-0.3, -0.25) is 9.10 Å². The number of hydrogen-bond acceptors (Lipinski definition) is 4. The lowest BCUT2D eigenvalue weighted by atomic mass is 10.2. The Bertz CT molecular complexity index is 836. The number of ether oxygens (including phenoxy) is 1. The molecular formula is C17H19IN2O4S. The molecule has 0 aliphatic carbocycles. The molecule has 0 aromatic heterocycles. The van der Waals surface area contributed by atoms with Crippen LogP contribution in [0.2, 0.25) is 0 Å². The first kappa shape index (κ1) is 19.5. The van der Waals surface area contributed by atoms with Crippen LogP contribution in [0.1, 0.15) is 6.92 Å². The zero-order valence-electron chi connectivity index (χ0n) is 14.1. The third kappa shape index (κ3) is 5.08. The van der Waals surface area contributed by atoms with Crippen LogP contribution in [0.15, 0.2) is 48.5 Å². The molecule has 0 saturated heterocycles. The third-order valence-corrected chi connectivity index (χ3v) is 5.49. The SMILES string of the molecule is COc1ccc(N([C@H](C)C(=O)Nc2ccc(I)cc2)S(C)(=O)=O)cc1. The summed E-state index contributed by atoms with van der Waals surface area (Å²) in [5, 5.41) is 2.74. The van der Waals surface area contributed by atoms with E-state index in [0.717, 1.165) is 14.1 Å². The molecule has 6 nitrogen and oxygen atoms in total. The number of anilines is 2. The maximum atomic E-state index is 12.5. The normalized spacial score (nSPS) is 12.3. The third-order valence-electron chi connectivity index (χ3n) is 3.53. The van der Waals surface area contributed by atoms with Crippen molar-refractivity contribution < 1.29 is 17.9 Å². The molecule has 2 aromatic rings. The van der Waals surface area contributed by atoms with E-state index in [1.807, 2.05) is 12.1 Å². The van der Waals surface area contributed by atoms with Crippen LogP contribution in [0, 0.1) is 3.57 Å². The monoisotopic (exact) mass is 474 g/mol. The number of carbonyl (C=O) groups excluding carboxylic acids is 1. The van der Waals surface area contributed by atoms with Gasteiger partial charge >= 0.3 is 0 Å². The van der Waals surface area contributed by atoms with E-state index in [9.17, 15) is 13.2 Å². The average molecular weight is 474 g/mol. The van der Waals surface area contributed by atoms with Crippen LogP contribution >= 0.6 is 22.6 Å². The van der Waals surface area contributed by atoms with E-state index in [-0.39, 0.29) is 0 Å². The molecule has 0 aliphatic rings. The Morgan fingerprint density at radius 1 is 1.12 bits per heavy atom. The number of amides is 1. The summed E-state index contributed by atoms with van der Waals surface area (Å²) in [7, 11) is -2.12. The van der Waals surface area contributed by atoms with Crippen LogP contribution in [0.4, 0.5) is 11.4 Å². The number of nitrogens with zero attached hydrogens (tertiary/aromatic N) is 1. The zero-order valence-corrected chi connectivity index (χ0v) is 17.0. The van der Waals surface area contributed by atoms with Crippen molar-refractivity contribution >= 4 is 49.9 Å². The van der Waals surface area contributed by atoms with Crippen LogP contribution in [0.3, 0.4) is 0 Å². The van der Waals surface area contributed by atoms with Gasteiger partial charge in [0, 0.05) is 9.26 Å². The van der Waals surface area contributed by atoms with Crippen molar-refractivity contribution in [2.24, 2.45) is 0 Å². The Morgan fingerprint density at radius 3 is 2.16 bits per heavy atom. The van der Waals surface area contributed by atoms with Gasteiger partial charge in [0.15, 0.2) is 0 Å². The lowest BCUT2D eigenvalue weighted by molar-refractivity contribution is -0.116. The van der Waals surface area contributed by atoms with Crippen LogP contribution in [0.25, 0.3) is 0 Å². The molecular weight excluding hydrogens is 455 g/mol. The first-order valence-corrected chi connectivity index (χ1v) is 10.3. The molecule has 1 atom stereocenters. The Morgan fingerprint density at radius 2 is 1.68 bits per heavy atom. The van der Waals surface area contributed by atoms with Crippen molar-refractivity contribution in [2.45, 2.75) is 13.0 Å². The second-order valence-corrected chi connectivity index (χ2v) is 8.53. The number of hydrogen-bond donors (Lipinski definition) is 1. The number of rotatable bonds is 6. The minimum Gasteiger partial charge on any atom is -0.497 e. The van der Waals surface area contributed by atoms with Gasteiger partial charge in [-0.2, -0.15) is 0 Å². The molecule has 0 saturated carbocycles. The highest BCUT2D eigenvalue weighted by molar-refractivity contribution is 14.1. The van der Waals surface area contributed by atoms with Gasteiger partial charge < -0.3 is 10.1 Å². The van der Waals surface area contributed by atoms with E-state index in [4.69, 9.17) is 4.74 Å². The molecule has 0 fully saturated rings. The summed E-state index contributed by atoms with van der Waals surface area (Å²) in [5.74, 6) is 0.190. The van der Waals surface area contributed by atoms with Crippen molar-refractivity contribution in [1.82, 2.24) is 0 Å². The lowest BCUT2D eigenvalue weighted by Crippen LogP contribution is -2.45. The Kier molecular flexibility index (Phi) is 6.28. The van der Waals surface area contributed by atoms with E-state index in [1.165, 1.54) is 7.11 Å². The Labute approximate surface area is 161 Å². The molecule has 0 bridgehead atoms. The molecule has 25 heavy (non-hydrogen) atoms. The highest BCUT2D eigenvalue weighted by Gasteiger charge is 2.29. The van der Waals surface area contributed by atoms with Crippen LogP contribution < -0.4 is 14.4 Å². The summed E-state index contributed by atoms with van der Waals surface area (Å²) < 4.78 is 31.7. The van der Waals surface area contributed by atoms with Gasteiger partial charge in [0.25, 0.3) is 0 Å². The molecule has 8 heteroatoms. The maximum Gasteiger partial charge on any atom is 0.247 e. The fourth-order valence-electron chi connectivity index (χ4n) is 2.32. The van der Waals surface area contributed by atoms with E-state index < -0.39 is 22.0 Å². The summed E-state index contributed by atoms with van der Waals surface area (Å²) in [6, 6.07) is 12.9. The molecule has 134 valence electrons. The summed E-state index contributed by atoms with van der Waals surface area (Å²) in [6.07, 6.45) is 1.08. The lowest BCUT2D eigenvalue weighted by Gasteiger charge is -2.28. The first-order chi connectivity index (χ1) is 11.7. The van der Waals surface area contributed by atoms with Gasteiger partial charge in [0.05, 0.1) is 19.1 Å². The van der Waals surface area contributed by atoms with Gasteiger partial charge in [0.1, 0.15) is 11.8 Å². The number of benzene rings is 2. The number of halogens is 1. The van der Waals surface area contributed by atoms with Crippen LogP contribution in [-0.2, 0) is 14.8 Å². The number of sulfonamides is 1. The predicted molar refractivity (Wildman–Crippen MR) is 108 cm³/mol. The number of carbonyl (C=O) groups is 1. The van der Waals surface area contributed by atoms with Gasteiger partial charge in [-0.25, -0.2) is 8.42 Å². The minimum atomic E-state index is -3.65. The summed E-state index contributed by atoms with van der Waals surface area (Å²) >= 11 is 2.17. The van der Waals surface area contributed by atoms with E-state index in [1.54, 1.807) is 43.3 Å². The second-order valence-electron chi connectivity index (χ2n) is 5.43. The van der Waals surface area contributed by atoms with Gasteiger partial charge in [0.2, 0.25) is 15.9 Å². The fourth-order valence-corrected chi connectivity index (χ4v) is 3.85. The van der Waals surface area contributed by atoms with Crippen molar-refractivity contribution in [2.75, 3.05) is 23.0 Å². The molecule has 0 aliphatic heterocycles. The van der Waals surface area contributed by atoms with Crippen molar-refractivity contribution in [1.29, 1.82) is 0 Å². The number of methoxy groups -OCH3 is 1. The fraction of sp³-hybridized carbons (Fsp3) is 0.235. The quantitative estimate of drug-likeness (QED) is 0.654. The van der Waals surface area contributed by atoms with Crippen molar-refractivity contribution in [3.63, 3.8) is 0 Å². The highest BCUT2D eigenvalue weighted by Crippen LogP contribution is 2.24. The molecule has 0 heterocycles. The van der Waals surface area contributed by atoms with Crippen LogP contribution in [-0.4, -0.2) is 33.7 Å². The molecule has 2 rings (SSSR count). The summed E-state index contributed by atoms with van der Waals surface area (Å²) in [4.78, 5) is 12.5. The van der Waals surface area contributed by atoms with E-state index in [0.29, 0.717) is 17.1 Å². The van der Waals surface area contributed by atoms with Crippen molar-refractivity contribution in [3.05, 3.63) is 52.1 Å². The smallest absolute Gasteiger partial charge is 0.247 e. The van der Waals surface area contributed by atoms with Gasteiger partial charge in [-0.1, -0.05) is 0 Å². The van der Waals surface area contributed by atoms with Crippen molar-refractivity contribution in [3.8, 4) is 5.75 Å². The molecule has 0 unspecified atom stereocenters. The Hall–Kier alpha value is -1.81. The summed E-state index contributed by atoms with van der Waals surface area (Å²) in [5.41, 5.74) is 1.01. The van der Waals surface area contributed by atoms with E-state index in [2.05, 4.69) is 27.9 Å². The van der Waals surface area contributed by atoms with Gasteiger partial charge in [-0.05, 0) is 78.0 Å². The predicted octanol–water partition coefficient (Wildman–Crippen LogP) is 3.09. The van der Waals surface area contributed by atoms with Crippen LogP contribution in [0.5, 0.6) is 5.75 Å².